The molecule has 0 bridgehead atoms. The Hall–Kier alpha value is -3.33. The van der Waals surface area contributed by atoms with Crippen LogP contribution < -0.4 is 10.1 Å². The minimum absolute atomic E-state index is 0.0598. The molecule has 2 aromatic heterocycles. The summed E-state index contributed by atoms with van der Waals surface area (Å²) in [5, 5.41) is 4.50. The molecule has 7 rings (SSSR count). The van der Waals surface area contributed by atoms with Gasteiger partial charge in [-0.25, -0.2) is 0 Å². The second-order valence-electron chi connectivity index (χ2n) is 11.4. The van der Waals surface area contributed by atoms with Crippen LogP contribution in [0.1, 0.15) is 52.0 Å². The van der Waals surface area contributed by atoms with Crippen molar-refractivity contribution in [2.45, 2.75) is 44.7 Å². The predicted octanol–water partition coefficient (Wildman–Crippen LogP) is 7.29. The highest BCUT2D eigenvalue weighted by Gasteiger charge is 2.47. The van der Waals surface area contributed by atoms with E-state index in [9.17, 15) is 4.79 Å². The van der Waals surface area contributed by atoms with Crippen molar-refractivity contribution in [2.75, 3.05) is 40.0 Å². The largest absolute Gasteiger partial charge is 0.497 e. The second kappa shape index (κ2) is 14.0. The lowest BCUT2D eigenvalue weighted by molar-refractivity contribution is 0.0930. The molecule has 8 heteroatoms. The van der Waals surface area contributed by atoms with Crippen molar-refractivity contribution < 1.29 is 9.53 Å². The first-order chi connectivity index (χ1) is 20.9. The summed E-state index contributed by atoms with van der Waals surface area (Å²) < 4.78 is 5.37. The number of thiol groups is 1. The molecule has 1 aliphatic carbocycles. The fourth-order valence-corrected chi connectivity index (χ4v) is 6.70. The van der Waals surface area contributed by atoms with Gasteiger partial charge in [-0.1, -0.05) is 12.1 Å². The van der Waals surface area contributed by atoms with Crippen LogP contribution >= 0.6 is 24.0 Å². The van der Waals surface area contributed by atoms with Crippen LogP contribution in [0.4, 0.5) is 0 Å². The van der Waals surface area contributed by atoms with Gasteiger partial charge in [0.15, 0.2) is 0 Å². The number of likely N-dealkylation sites (N-methyl/N-ethyl adjacent to an activating group) is 1. The molecule has 226 valence electrons. The Morgan fingerprint density at radius 3 is 2.49 bits per heavy atom. The van der Waals surface area contributed by atoms with Gasteiger partial charge in [0.1, 0.15) is 5.75 Å². The van der Waals surface area contributed by atoms with Crippen LogP contribution in [0, 0.1) is 6.92 Å². The summed E-state index contributed by atoms with van der Waals surface area (Å²) in [6.07, 6.45) is 12.2. The lowest BCUT2D eigenvalue weighted by Gasteiger charge is -2.22. The highest BCUT2D eigenvalue weighted by molar-refractivity contribution is 7.79. The lowest BCUT2D eigenvalue weighted by Crippen LogP contribution is -2.35. The Bertz CT molecular complexity index is 1590. The molecule has 2 aromatic carbocycles. The van der Waals surface area contributed by atoms with Crippen LogP contribution in [0.15, 0.2) is 73.1 Å². The van der Waals surface area contributed by atoms with Gasteiger partial charge in [0.25, 0.3) is 5.91 Å². The van der Waals surface area contributed by atoms with Crippen LogP contribution in [0.2, 0.25) is 0 Å². The molecule has 0 atom stereocenters. The number of likely N-dealkylation sites (tertiary alicyclic amines) is 1. The van der Waals surface area contributed by atoms with Crippen molar-refractivity contribution in [1.29, 1.82) is 0 Å². The zero-order valence-corrected chi connectivity index (χ0v) is 27.3. The van der Waals surface area contributed by atoms with Gasteiger partial charge in [-0.05, 0) is 123 Å². The number of aryl methyl sites for hydroxylation is 1. The van der Waals surface area contributed by atoms with Crippen LogP contribution in [0.5, 0.6) is 5.75 Å². The molecule has 0 unspecified atom stereocenters. The van der Waals surface area contributed by atoms with E-state index in [0.717, 1.165) is 48.0 Å². The Balaban J connectivity index is 0.000000471. The van der Waals surface area contributed by atoms with Gasteiger partial charge in [0.2, 0.25) is 0 Å². The smallest absolute Gasteiger partial charge is 0.252 e. The van der Waals surface area contributed by atoms with Crippen LogP contribution in [-0.4, -0.2) is 60.7 Å². The second-order valence-corrected chi connectivity index (χ2v) is 12.6. The van der Waals surface area contributed by atoms with Crippen molar-refractivity contribution in [3.63, 3.8) is 0 Å². The Morgan fingerprint density at radius 2 is 1.84 bits per heavy atom. The number of thiophene rings is 1. The maximum Gasteiger partial charge on any atom is 0.252 e. The molecule has 43 heavy (non-hydrogen) atoms. The summed E-state index contributed by atoms with van der Waals surface area (Å²) in [6.45, 7) is 6.53. The number of rotatable bonds is 7. The average molecular weight is 615 g/mol. The number of nitrogens with zero attached hydrogens (tertiary/aromatic N) is 3. The van der Waals surface area contributed by atoms with E-state index in [1.165, 1.54) is 41.2 Å². The van der Waals surface area contributed by atoms with Crippen molar-refractivity contribution in [1.82, 2.24) is 20.1 Å². The van der Waals surface area contributed by atoms with Gasteiger partial charge < -0.3 is 15.0 Å². The Labute approximate surface area is 265 Å². The molecule has 1 saturated carbocycles. The molecule has 0 spiro atoms. The van der Waals surface area contributed by atoms with Gasteiger partial charge in [0.05, 0.1) is 18.2 Å². The van der Waals surface area contributed by atoms with E-state index < -0.39 is 0 Å². The molecule has 4 heterocycles. The summed E-state index contributed by atoms with van der Waals surface area (Å²) >= 11 is 5.40. The number of fused-ring (bicyclic) bond motifs is 1. The van der Waals surface area contributed by atoms with Gasteiger partial charge in [-0.2, -0.15) is 12.6 Å². The first kappa shape index (κ1) is 31.1. The number of amides is 1. The number of aromatic nitrogens is 1. The molecule has 6 nitrogen and oxygen atoms in total. The SMILES string of the molecule is CN1C=CC1.COc1ccc(C)c(C(=O)NC2(c3cc(-c4ccc(CN5CCCC5)s4)cc4ncccc34)CC2)c1.CS. The summed E-state index contributed by atoms with van der Waals surface area (Å²) in [5.41, 5.74) is 4.52. The zero-order chi connectivity index (χ0) is 30.4. The number of methoxy groups -OCH3 is 1. The minimum Gasteiger partial charge on any atom is -0.497 e. The van der Waals surface area contributed by atoms with Crippen molar-refractivity contribution in [3.8, 4) is 16.2 Å². The molecule has 2 fully saturated rings. The standard InChI is InChI=1S/C30H31N3O2S.C4H7N.CH4S/c1-20-7-8-22(35-2)18-25(20)29(34)32-30(11-12-30)26-16-21(17-27-24(26)6-5-13-31-27)28-10-9-23(36-28)19-33-14-3-4-15-33;1-5-3-2-4-5;1-2/h5-10,13,16-18H,3-4,11-12,14-15,19H2,1-2H3,(H,32,34);2-3H,4H2,1H3;2H,1H3. The highest BCUT2D eigenvalue weighted by Crippen LogP contribution is 2.49. The molecule has 3 aliphatic rings. The molecular formula is C35H42N4O2S2. The normalized spacial score (nSPS) is 16.4. The number of carbonyl (C=O) groups is 1. The quantitative estimate of drug-likeness (QED) is 0.214. The first-order valence-electron chi connectivity index (χ1n) is 14.9. The number of carbonyl (C=O) groups excluding carboxylic acids is 1. The monoisotopic (exact) mass is 614 g/mol. The third-order valence-corrected chi connectivity index (χ3v) is 9.43. The summed E-state index contributed by atoms with van der Waals surface area (Å²) in [7, 11) is 3.68. The fourth-order valence-electron chi connectivity index (χ4n) is 5.66. The van der Waals surface area contributed by atoms with Crippen molar-refractivity contribution in [3.05, 3.63) is 94.6 Å². The van der Waals surface area contributed by atoms with E-state index in [2.05, 4.69) is 77.4 Å². The maximum atomic E-state index is 13.4. The molecule has 1 amide bonds. The van der Waals surface area contributed by atoms with Gasteiger partial charge in [0, 0.05) is 47.0 Å². The molecule has 0 radical (unpaired) electrons. The topological polar surface area (TPSA) is 57.7 Å². The lowest BCUT2D eigenvalue weighted by atomic mass is 9.95. The van der Waals surface area contributed by atoms with Crippen molar-refractivity contribution >= 4 is 40.8 Å². The maximum absolute atomic E-state index is 13.4. The third kappa shape index (κ3) is 7.25. The fraction of sp³-hybridized carbons (Fsp3) is 0.371. The first-order valence-corrected chi connectivity index (χ1v) is 16.6. The molecule has 2 aliphatic heterocycles. The third-order valence-electron chi connectivity index (χ3n) is 8.31. The van der Waals surface area contributed by atoms with Gasteiger partial charge >= 0.3 is 0 Å². The van der Waals surface area contributed by atoms with E-state index in [1.807, 2.05) is 48.7 Å². The van der Waals surface area contributed by atoms with Crippen LogP contribution in [-0.2, 0) is 12.1 Å². The molecule has 4 aromatic rings. The number of ether oxygens (including phenoxy) is 1. The Kier molecular flexibility index (Phi) is 10.1. The number of benzene rings is 2. The van der Waals surface area contributed by atoms with E-state index >= 15 is 0 Å². The number of hydrogen-bond acceptors (Lipinski definition) is 7. The van der Waals surface area contributed by atoms with Crippen molar-refractivity contribution in [2.24, 2.45) is 0 Å². The summed E-state index contributed by atoms with van der Waals surface area (Å²) in [5.74, 6) is 0.630. The van der Waals surface area contributed by atoms with Crippen LogP contribution in [0.25, 0.3) is 21.3 Å². The highest BCUT2D eigenvalue weighted by atomic mass is 32.1. The number of hydrogen-bond donors (Lipinski definition) is 2. The van der Waals surface area contributed by atoms with E-state index in [4.69, 9.17) is 9.72 Å². The Morgan fingerprint density at radius 1 is 1.09 bits per heavy atom. The minimum atomic E-state index is -0.375. The van der Waals surface area contributed by atoms with Gasteiger partial charge in [-0.3, -0.25) is 14.7 Å². The summed E-state index contributed by atoms with van der Waals surface area (Å²) in [4.78, 5) is 25.5. The summed E-state index contributed by atoms with van der Waals surface area (Å²) in [6, 6.07) is 18.7. The van der Waals surface area contributed by atoms with Crippen LogP contribution in [0.3, 0.4) is 0 Å². The average Bonchev–Trinajstić information content (AvgIpc) is 3.37. The molecular weight excluding hydrogens is 573 g/mol. The number of pyridine rings is 1. The van der Waals surface area contributed by atoms with E-state index in [1.54, 1.807) is 13.4 Å². The predicted molar refractivity (Wildman–Crippen MR) is 182 cm³/mol. The van der Waals surface area contributed by atoms with E-state index in [-0.39, 0.29) is 11.4 Å². The number of nitrogens with one attached hydrogen (secondary N) is 1. The molecule has 1 saturated heterocycles. The zero-order valence-electron chi connectivity index (χ0n) is 25.6. The van der Waals surface area contributed by atoms with E-state index in [0.29, 0.717) is 11.3 Å². The molecule has 1 N–H and O–H groups in total. The van der Waals surface area contributed by atoms with Gasteiger partial charge in [-0.15, -0.1) is 11.3 Å².